The van der Waals surface area contributed by atoms with Gasteiger partial charge < -0.3 is 19.7 Å². The number of carbonyl (C=O) groups is 1. The number of carboxylic acid groups (broad SMARTS) is 1. The lowest BCUT2D eigenvalue weighted by molar-refractivity contribution is -0.147. The van der Waals surface area contributed by atoms with Crippen molar-refractivity contribution in [3.05, 3.63) is 47.8 Å². The van der Waals surface area contributed by atoms with Gasteiger partial charge in [0.2, 0.25) is 0 Å². The van der Waals surface area contributed by atoms with E-state index in [1.54, 1.807) is 19.2 Å². The Kier molecular flexibility index (Phi) is 6.44. The first-order chi connectivity index (χ1) is 16.0. The van der Waals surface area contributed by atoms with E-state index in [1.807, 2.05) is 47.8 Å². The first kappa shape index (κ1) is 23.9. The van der Waals surface area contributed by atoms with Crippen LogP contribution in [0, 0.1) is 6.92 Å². The van der Waals surface area contributed by atoms with Crippen LogP contribution in [-0.2, 0) is 0 Å². The molecule has 0 aliphatic carbocycles. The third kappa shape index (κ3) is 4.96. The highest BCUT2D eigenvalue weighted by molar-refractivity contribution is 5.95. The van der Waals surface area contributed by atoms with Crippen molar-refractivity contribution in [2.75, 3.05) is 43.9 Å². The lowest BCUT2D eigenvalue weighted by Crippen LogP contribution is -2.43. The Balaban J connectivity index is 1.68. The van der Waals surface area contributed by atoms with Gasteiger partial charge in [-0.3, -0.25) is 4.90 Å². The summed E-state index contributed by atoms with van der Waals surface area (Å²) in [4.78, 5) is 19.7. The summed E-state index contributed by atoms with van der Waals surface area (Å²) in [5, 5.41) is 13.3. The first-order valence-corrected chi connectivity index (χ1v) is 11.1. The molecule has 4 heterocycles. The average molecular weight is 476 g/mol. The summed E-state index contributed by atoms with van der Waals surface area (Å²) in [5.74, 6) is 0.405. The number of carboxylic acids is 1. The molecular weight excluding hydrogens is 447 g/mol. The van der Waals surface area contributed by atoms with Crippen LogP contribution in [0.15, 0.2) is 36.7 Å². The van der Waals surface area contributed by atoms with Gasteiger partial charge in [-0.25, -0.2) is 9.78 Å². The van der Waals surface area contributed by atoms with Crippen LogP contribution >= 0.6 is 0 Å². The molecule has 4 rings (SSSR count). The van der Waals surface area contributed by atoms with Gasteiger partial charge in [-0.1, -0.05) is 0 Å². The van der Waals surface area contributed by atoms with Gasteiger partial charge >= 0.3 is 12.1 Å². The monoisotopic (exact) mass is 475 g/mol. The molecule has 10 heteroatoms. The van der Waals surface area contributed by atoms with E-state index < -0.39 is 18.7 Å². The van der Waals surface area contributed by atoms with E-state index in [0.717, 1.165) is 22.5 Å². The fraction of sp³-hybridized carbons (Fsp3) is 0.417. The summed E-state index contributed by atoms with van der Waals surface area (Å²) < 4.78 is 40.1. The Bertz CT molecular complexity index is 1200. The number of halogens is 3. The summed E-state index contributed by atoms with van der Waals surface area (Å²) in [5.41, 5.74) is 3.29. The number of alkyl halides is 3. The van der Waals surface area contributed by atoms with Crippen LogP contribution in [0.1, 0.15) is 28.8 Å². The van der Waals surface area contributed by atoms with Gasteiger partial charge in [0, 0.05) is 56.7 Å². The van der Waals surface area contributed by atoms with Crippen LogP contribution in [0.5, 0.6) is 0 Å². The fourth-order valence-electron chi connectivity index (χ4n) is 4.50. The number of pyridine rings is 2. The Morgan fingerprint density at radius 1 is 1.24 bits per heavy atom. The Labute approximate surface area is 195 Å². The van der Waals surface area contributed by atoms with Crippen molar-refractivity contribution >= 4 is 23.1 Å². The highest BCUT2D eigenvalue weighted by Crippen LogP contribution is 2.33. The smallest absolute Gasteiger partial charge is 0.401 e. The van der Waals surface area contributed by atoms with Crippen LogP contribution in [-0.4, -0.2) is 71.3 Å². The van der Waals surface area contributed by atoms with Crippen molar-refractivity contribution in [1.29, 1.82) is 0 Å². The highest BCUT2D eigenvalue weighted by Gasteiger charge is 2.32. The number of rotatable bonds is 6. The van der Waals surface area contributed by atoms with E-state index in [-0.39, 0.29) is 11.6 Å². The molecule has 3 aromatic heterocycles. The third-order valence-electron chi connectivity index (χ3n) is 6.28. The summed E-state index contributed by atoms with van der Waals surface area (Å²) in [6.07, 6.45) is 0.478. The molecule has 0 atom stereocenters. The second kappa shape index (κ2) is 9.17. The molecule has 0 radical (unpaired) electrons. The number of hydrogen-bond donors (Lipinski definition) is 2. The molecule has 34 heavy (non-hydrogen) atoms. The van der Waals surface area contributed by atoms with E-state index in [2.05, 4.69) is 10.3 Å². The molecule has 0 amide bonds. The van der Waals surface area contributed by atoms with Crippen molar-refractivity contribution < 1.29 is 23.1 Å². The van der Waals surface area contributed by atoms with Crippen LogP contribution in [0.25, 0.3) is 16.6 Å². The van der Waals surface area contributed by atoms with Gasteiger partial charge in [-0.15, -0.1) is 0 Å². The van der Waals surface area contributed by atoms with E-state index >= 15 is 0 Å². The molecular formula is C24H28F3N5O2. The van der Waals surface area contributed by atoms with Gasteiger partial charge in [0.25, 0.3) is 0 Å². The number of aromatic nitrogens is 2. The molecule has 1 aliphatic heterocycles. The minimum Gasteiger partial charge on any atom is -0.478 e. The zero-order chi connectivity index (χ0) is 24.6. The van der Waals surface area contributed by atoms with Gasteiger partial charge in [0.1, 0.15) is 11.6 Å². The largest absolute Gasteiger partial charge is 0.478 e. The second-order valence-electron chi connectivity index (χ2n) is 8.93. The minimum atomic E-state index is -4.21. The molecule has 3 aromatic rings. The van der Waals surface area contributed by atoms with Crippen molar-refractivity contribution in [2.45, 2.75) is 32.0 Å². The maximum absolute atomic E-state index is 12.7. The lowest BCUT2D eigenvalue weighted by Gasteiger charge is -2.33. The summed E-state index contributed by atoms with van der Waals surface area (Å²) in [6, 6.07) is 7.37. The van der Waals surface area contributed by atoms with Gasteiger partial charge in [-0.05, 0) is 49.6 Å². The number of likely N-dealkylation sites (tertiary alicyclic amines) is 1. The molecule has 1 saturated heterocycles. The minimum absolute atomic E-state index is 0.0532. The van der Waals surface area contributed by atoms with Crippen molar-refractivity contribution in [3.8, 4) is 11.1 Å². The quantitative estimate of drug-likeness (QED) is 0.547. The molecule has 1 aliphatic rings. The van der Waals surface area contributed by atoms with E-state index in [9.17, 15) is 23.1 Å². The first-order valence-electron chi connectivity index (χ1n) is 11.1. The lowest BCUT2D eigenvalue weighted by atomic mass is 10.0. The molecule has 1 fully saturated rings. The summed E-state index contributed by atoms with van der Waals surface area (Å²) >= 11 is 0. The molecule has 0 saturated carbocycles. The molecule has 182 valence electrons. The van der Waals surface area contributed by atoms with Gasteiger partial charge in [0.15, 0.2) is 0 Å². The number of piperidine rings is 1. The van der Waals surface area contributed by atoms with Gasteiger partial charge in [-0.2, -0.15) is 13.2 Å². The number of nitrogens with zero attached hydrogens (tertiary/aromatic N) is 4. The predicted molar refractivity (Wildman–Crippen MR) is 126 cm³/mol. The number of fused-ring (bicyclic) bond motifs is 1. The number of nitrogens with one attached hydrogen (secondary N) is 1. The zero-order valence-corrected chi connectivity index (χ0v) is 19.4. The van der Waals surface area contributed by atoms with Crippen LogP contribution < -0.4 is 10.2 Å². The highest BCUT2D eigenvalue weighted by atomic mass is 19.4. The van der Waals surface area contributed by atoms with E-state index in [1.165, 1.54) is 4.90 Å². The number of anilines is 2. The zero-order valence-electron chi connectivity index (χ0n) is 19.4. The second-order valence-corrected chi connectivity index (χ2v) is 8.93. The SMILES string of the molecule is Cc1c(C(=O)O)cc2c(-c3ccnc(N(C)C)c3)ccn2c1NC1CCN(CC(F)(F)F)CC1. The van der Waals surface area contributed by atoms with Crippen LogP contribution in [0.4, 0.5) is 24.8 Å². The molecule has 0 bridgehead atoms. The third-order valence-corrected chi connectivity index (χ3v) is 6.28. The number of aromatic carboxylic acids is 1. The maximum atomic E-state index is 12.7. The molecule has 2 N–H and O–H groups in total. The molecule has 0 unspecified atom stereocenters. The Hall–Kier alpha value is -3.27. The van der Waals surface area contributed by atoms with Crippen molar-refractivity contribution in [2.24, 2.45) is 0 Å². The van der Waals surface area contributed by atoms with E-state index in [4.69, 9.17) is 0 Å². The topological polar surface area (TPSA) is 73.1 Å². The Morgan fingerprint density at radius 3 is 2.56 bits per heavy atom. The maximum Gasteiger partial charge on any atom is 0.401 e. The fourth-order valence-corrected chi connectivity index (χ4v) is 4.50. The van der Waals surface area contributed by atoms with Crippen molar-refractivity contribution in [1.82, 2.24) is 14.3 Å². The summed E-state index contributed by atoms with van der Waals surface area (Å²) in [7, 11) is 3.80. The van der Waals surface area contributed by atoms with Crippen LogP contribution in [0.2, 0.25) is 0 Å². The van der Waals surface area contributed by atoms with E-state index in [0.29, 0.717) is 37.3 Å². The molecule has 0 aromatic carbocycles. The average Bonchev–Trinajstić information content (AvgIpc) is 3.19. The summed E-state index contributed by atoms with van der Waals surface area (Å²) in [6.45, 7) is 1.51. The standard InChI is InChI=1S/C24H28F3N5O2/c1-15-19(23(33)34)13-20-18(16-4-8-28-21(12-16)30(2)3)7-11-32(20)22(15)29-17-5-9-31(10-6-17)14-24(25,26)27/h4,7-8,11-13,17,29H,5-6,9-10,14H2,1-3H3,(H,33,34). The molecule has 0 spiro atoms. The Morgan fingerprint density at radius 2 is 1.94 bits per heavy atom. The molecule has 7 nitrogen and oxygen atoms in total. The number of hydrogen-bond acceptors (Lipinski definition) is 5. The normalized spacial score (nSPS) is 15.6. The predicted octanol–water partition coefficient (Wildman–Crippen LogP) is 4.51. The van der Waals surface area contributed by atoms with Crippen molar-refractivity contribution in [3.63, 3.8) is 0 Å². The van der Waals surface area contributed by atoms with Gasteiger partial charge in [0.05, 0.1) is 17.6 Å². The van der Waals surface area contributed by atoms with Crippen LogP contribution in [0.3, 0.4) is 0 Å².